The Morgan fingerprint density at radius 1 is 1.03 bits per heavy atom. The van der Waals surface area contributed by atoms with E-state index in [9.17, 15) is 13.2 Å². The highest BCUT2D eigenvalue weighted by Gasteiger charge is 2.27. The van der Waals surface area contributed by atoms with Gasteiger partial charge in [-0.25, -0.2) is 8.42 Å². The fourth-order valence-electron chi connectivity index (χ4n) is 4.50. The van der Waals surface area contributed by atoms with E-state index in [1.165, 1.54) is 15.6 Å². The molecule has 1 N–H and O–H groups in total. The monoisotopic (exact) mass is 441 g/mol. The first kappa shape index (κ1) is 21.7. The van der Waals surface area contributed by atoms with Crippen LogP contribution in [0.5, 0.6) is 0 Å². The van der Waals surface area contributed by atoms with E-state index in [4.69, 9.17) is 0 Å². The highest BCUT2D eigenvalue weighted by molar-refractivity contribution is 7.92. The van der Waals surface area contributed by atoms with Gasteiger partial charge in [-0.2, -0.15) is 0 Å². The number of nitrogens with one attached hydrogen (secondary N) is 1. The Kier molecular flexibility index (Phi) is 6.51. The lowest BCUT2D eigenvalue weighted by Gasteiger charge is -2.31. The summed E-state index contributed by atoms with van der Waals surface area (Å²) < 4.78 is 26.4. The Morgan fingerprint density at radius 2 is 1.87 bits per heavy atom. The van der Waals surface area contributed by atoms with Crippen LogP contribution in [0.15, 0.2) is 42.5 Å². The van der Waals surface area contributed by atoms with Gasteiger partial charge in [0.2, 0.25) is 10.0 Å². The first-order chi connectivity index (χ1) is 15.0. The van der Waals surface area contributed by atoms with Crippen molar-refractivity contribution in [1.82, 2.24) is 5.32 Å². The lowest BCUT2D eigenvalue weighted by Crippen LogP contribution is -2.38. The minimum Gasteiger partial charge on any atom is -0.371 e. The molecule has 1 amide bonds. The predicted octanol–water partition coefficient (Wildman–Crippen LogP) is 3.50. The molecule has 1 fully saturated rings. The quantitative estimate of drug-likeness (QED) is 0.697. The third kappa shape index (κ3) is 4.87. The van der Waals surface area contributed by atoms with Crippen LogP contribution in [0.1, 0.15) is 47.2 Å². The molecule has 7 heteroatoms. The highest BCUT2D eigenvalue weighted by atomic mass is 32.2. The van der Waals surface area contributed by atoms with Crippen molar-refractivity contribution in [2.45, 2.75) is 39.0 Å². The van der Waals surface area contributed by atoms with Crippen molar-refractivity contribution in [2.24, 2.45) is 0 Å². The van der Waals surface area contributed by atoms with Crippen molar-refractivity contribution in [1.29, 1.82) is 0 Å². The predicted molar refractivity (Wildman–Crippen MR) is 125 cm³/mol. The molecule has 0 unspecified atom stereocenters. The van der Waals surface area contributed by atoms with E-state index in [-0.39, 0.29) is 11.7 Å². The maximum Gasteiger partial charge on any atom is 0.251 e. The molecule has 2 aliphatic heterocycles. The van der Waals surface area contributed by atoms with Gasteiger partial charge in [0.15, 0.2) is 0 Å². The Balaban J connectivity index is 1.35. The van der Waals surface area contributed by atoms with Crippen molar-refractivity contribution < 1.29 is 13.2 Å². The second kappa shape index (κ2) is 9.30. The number of amides is 1. The van der Waals surface area contributed by atoms with Gasteiger partial charge in [0, 0.05) is 37.4 Å². The van der Waals surface area contributed by atoms with Crippen LogP contribution in [-0.4, -0.2) is 46.3 Å². The standard InChI is InChI=1S/C24H31N3O3S/c1-19-11-12-21(18-23(19)27-16-4-5-17-31(27,29)30)24(28)25-13-7-15-26-14-6-9-20-8-2-3-10-22(20)26/h2-3,8,10-12,18H,4-7,9,13-17H2,1H3,(H,25,28). The number of carbonyl (C=O) groups is 1. The summed E-state index contributed by atoms with van der Waals surface area (Å²) in [4.78, 5) is 15.1. The summed E-state index contributed by atoms with van der Waals surface area (Å²) >= 11 is 0. The topological polar surface area (TPSA) is 69.7 Å². The molecule has 0 aromatic heterocycles. The lowest BCUT2D eigenvalue weighted by atomic mass is 10.0. The Labute approximate surface area is 185 Å². The minimum absolute atomic E-state index is 0.158. The van der Waals surface area contributed by atoms with Crippen LogP contribution in [0.2, 0.25) is 0 Å². The van der Waals surface area contributed by atoms with Gasteiger partial charge in [-0.05, 0) is 68.4 Å². The number of carbonyl (C=O) groups excluding carboxylic acids is 1. The second-order valence-electron chi connectivity index (χ2n) is 8.43. The smallest absolute Gasteiger partial charge is 0.251 e. The van der Waals surface area contributed by atoms with Crippen LogP contribution in [-0.2, 0) is 16.4 Å². The molecule has 2 aromatic rings. The molecule has 0 bridgehead atoms. The lowest BCUT2D eigenvalue weighted by molar-refractivity contribution is 0.0953. The van der Waals surface area contributed by atoms with Gasteiger partial charge in [0.25, 0.3) is 5.91 Å². The van der Waals surface area contributed by atoms with Crippen molar-refractivity contribution in [3.8, 4) is 0 Å². The molecule has 0 saturated carbocycles. The number of nitrogens with zero attached hydrogens (tertiary/aromatic N) is 2. The van der Waals surface area contributed by atoms with Crippen molar-refractivity contribution in [2.75, 3.05) is 41.1 Å². The molecular formula is C24H31N3O3S. The Bertz CT molecular complexity index is 1050. The fourth-order valence-corrected chi connectivity index (χ4v) is 6.19. The molecule has 6 nitrogen and oxygen atoms in total. The summed E-state index contributed by atoms with van der Waals surface area (Å²) in [6, 6.07) is 13.9. The molecule has 166 valence electrons. The number of hydrogen-bond donors (Lipinski definition) is 1. The normalized spacial score (nSPS) is 17.8. The van der Waals surface area contributed by atoms with Gasteiger partial charge < -0.3 is 10.2 Å². The van der Waals surface area contributed by atoms with E-state index in [0.29, 0.717) is 30.8 Å². The van der Waals surface area contributed by atoms with E-state index in [1.54, 1.807) is 12.1 Å². The third-order valence-corrected chi connectivity index (χ3v) is 8.04. The molecular weight excluding hydrogens is 410 g/mol. The van der Waals surface area contributed by atoms with E-state index >= 15 is 0 Å². The molecule has 0 radical (unpaired) electrons. The van der Waals surface area contributed by atoms with Crippen LogP contribution >= 0.6 is 0 Å². The first-order valence-electron chi connectivity index (χ1n) is 11.2. The number of rotatable bonds is 6. The third-order valence-electron chi connectivity index (χ3n) is 6.19. The number of fused-ring (bicyclic) bond motifs is 1. The van der Waals surface area contributed by atoms with Gasteiger partial charge >= 0.3 is 0 Å². The largest absolute Gasteiger partial charge is 0.371 e. The van der Waals surface area contributed by atoms with E-state index in [2.05, 4.69) is 34.5 Å². The first-order valence-corrected chi connectivity index (χ1v) is 12.8. The van der Waals surface area contributed by atoms with E-state index in [1.807, 2.05) is 13.0 Å². The molecule has 0 aliphatic carbocycles. The molecule has 0 spiro atoms. The van der Waals surface area contributed by atoms with Gasteiger partial charge in [0.1, 0.15) is 0 Å². The van der Waals surface area contributed by atoms with Crippen molar-refractivity contribution in [3.63, 3.8) is 0 Å². The van der Waals surface area contributed by atoms with E-state index in [0.717, 1.165) is 44.3 Å². The zero-order chi connectivity index (χ0) is 21.8. The SMILES string of the molecule is Cc1ccc(C(=O)NCCCN2CCCc3ccccc32)cc1N1CCCCS1(=O)=O. The molecule has 31 heavy (non-hydrogen) atoms. The maximum absolute atomic E-state index is 12.7. The summed E-state index contributed by atoms with van der Waals surface area (Å²) in [5.41, 5.74) is 4.70. The van der Waals surface area contributed by atoms with Crippen molar-refractivity contribution in [3.05, 3.63) is 59.2 Å². The average Bonchev–Trinajstić information content (AvgIpc) is 2.77. The zero-order valence-electron chi connectivity index (χ0n) is 18.1. The van der Waals surface area contributed by atoms with Gasteiger partial charge in [-0.3, -0.25) is 9.10 Å². The number of aryl methyl sites for hydroxylation is 2. The highest BCUT2D eigenvalue weighted by Crippen LogP contribution is 2.28. The van der Waals surface area contributed by atoms with Crippen LogP contribution in [0.25, 0.3) is 0 Å². The summed E-state index contributed by atoms with van der Waals surface area (Å²) in [6.45, 7) is 4.91. The zero-order valence-corrected chi connectivity index (χ0v) is 19.0. The molecule has 0 atom stereocenters. The summed E-state index contributed by atoms with van der Waals surface area (Å²) in [5, 5.41) is 3.00. The van der Waals surface area contributed by atoms with Crippen molar-refractivity contribution >= 4 is 27.3 Å². The summed E-state index contributed by atoms with van der Waals surface area (Å²) in [6.07, 6.45) is 4.69. The molecule has 1 saturated heterocycles. The molecule has 2 aliphatic rings. The fraction of sp³-hybridized carbons (Fsp3) is 0.458. The summed E-state index contributed by atoms with van der Waals surface area (Å²) in [7, 11) is -3.30. The average molecular weight is 442 g/mol. The Morgan fingerprint density at radius 3 is 2.71 bits per heavy atom. The van der Waals surface area contributed by atoms with Crippen LogP contribution in [0.3, 0.4) is 0 Å². The number of benzene rings is 2. The molecule has 4 rings (SSSR count). The number of sulfonamides is 1. The minimum atomic E-state index is -3.30. The van der Waals surface area contributed by atoms with Crippen LogP contribution < -0.4 is 14.5 Å². The van der Waals surface area contributed by atoms with Gasteiger partial charge in [-0.1, -0.05) is 24.3 Å². The molecule has 2 aromatic carbocycles. The van der Waals surface area contributed by atoms with Crippen LogP contribution in [0.4, 0.5) is 11.4 Å². The van der Waals surface area contributed by atoms with Crippen LogP contribution in [0, 0.1) is 6.92 Å². The number of para-hydroxylation sites is 1. The summed E-state index contributed by atoms with van der Waals surface area (Å²) in [5.74, 6) is 0.0115. The second-order valence-corrected chi connectivity index (χ2v) is 10.4. The maximum atomic E-state index is 12.7. The van der Waals surface area contributed by atoms with Gasteiger partial charge in [-0.15, -0.1) is 0 Å². The molecule has 2 heterocycles. The number of anilines is 2. The number of hydrogen-bond acceptors (Lipinski definition) is 4. The van der Waals surface area contributed by atoms with E-state index < -0.39 is 10.0 Å². The Hall–Kier alpha value is -2.54. The van der Waals surface area contributed by atoms with Gasteiger partial charge in [0.05, 0.1) is 11.4 Å².